The number of alkyl halides is 3. The molecule has 30 heavy (non-hydrogen) atoms. The van der Waals surface area contributed by atoms with Crippen molar-refractivity contribution in [2.75, 3.05) is 18.9 Å². The highest BCUT2D eigenvalue weighted by Crippen LogP contribution is 2.35. The zero-order valence-corrected chi connectivity index (χ0v) is 16.8. The first kappa shape index (κ1) is 20.3. The molecule has 0 spiro atoms. The molecule has 3 aromatic rings. The molecule has 156 valence electrons. The zero-order valence-electron chi connectivity index (χ0n) is 16.0. The maximum atomic E-state index is 12.8. The van der Waals surface area contributed by atoms with E-state index >= 15 is 0 Å². The number of rotatable bonds is 4. The molecule has 0 aliphatic carbocycles. The van der Waals surface area contributed by atoms with Gasteiger partial charge >= 0.3 is 6.18 Å². The normalized spacial score (nSPS) is 17.3. The van der Waals surface area contributed by atoms with E-state index in [-0.39, 0.29) is 17.8 Å². The number of thiazole rings is 1. The fraction of sp³-hybridized carbons (Fsp3) is 0.300. The van der Waals surface area contributed by atoms with Crippen LogP contribution in [0.15, 0.2) is 42.7 Å². The number of aromatic nitrogens is 3. The summed E-state index contributed by atoms with van der Waals surface area (Å²) < 4.78 is 38.5. The lowest BCUT2D eigenvalue weighted by Crippen LogP contribution is -2.35. The average Bonchev–Trinajstić information content (AvgIpc) is 3.20. The second-order valence-electron chi connectivity index (χ2n) is 7.04. The molecule has 0 bridgehead atoms. The number of likely N-dealkylation sites (tertiary alicyclic amines) is 1. The van der Waals surface area contributed by atoms with Crippen LogP contribution in [0.4, 0.5) is 24.8 Å². The molecule has 1 fully saturated rings. The Balaban J connectivity index is 1.52. The summed E-state index contributed by atoms with van der Waals surface area (Å²) in [4.78, 5) is 26.3. The molecule has 1 aliphatic heterocycles. The minimum atomic E-state index is -4.53. The number of nitrogens with zero attached hydrogens (tertiary/aromatic N) is 4. The highest BCUT2D eigenvalue weighted by atomic mass is 32.1. The predicted molar refractivity (Wildman–Crippen MR) is 107 cm³/mol. The van der Waals surface area contributed by atoms with Crippen molar-refractivity contribution >= 4 is 28.9 Å². The van der Waals surface area contributed by atoms with Crippen LogP contribution < -0.4 is 5.32 Å². The van der Waals surface area contributed by atoms with Gasteiger partial charge in [0.2, 0.25) is 11.9 Å². The van der Waals surface area contributed by atoms with Gasteiger partial charge in [0.25, 0.3) is 0 Å². The summed E-state index contributed by atoms with van der Waals surface area (Å²) in [7, 11) is 1.80. The number of carbonyl (C=O) groups excluding carboxylic acids is 1. The molecular formula is C20H18F3N5OS. The van der Waals surface area contributed by atoms with E-state index in [1.54, 1.807) is 41.6 Å². The van der Waals surface area contributed by atoms with Gasteiger partial charge in [-0.05, 0) is 30.2 Å². The first-order valence-corrected chi connectivity index (χ1v) is 10.1. The maximum Gasteiger partial charge on any atom is 0.433 e. The standard InChI is InChI=1S/C20H18F3N5OS/c1-28-11-13(5-6-17(28)29)18-25-10-15(30-18)12-3-2-4-14(9-12)26-19-24-8-7-16(27-19)20(21,22)23/h2-4,7-10,13H,5-6,11H2,1H3,(H,24,26,27). The van der Waals surface area contributed by atoms with E-state index in [0.29, 0.717) is 18.7 Å². The van der Waals surface area contributed by atoms with Gasteiger partial charge in [0.05, 0.1) is 9.88 Å². The highest BCUT2D eigenvalue weighted by molar-refractivity contribution is 7.15. The van der Waals surface area contributed by atoms with Gasteiger partial charge in [0.1, 0.15) is 5.69 Å². The highest BCUT2D eigenvalue weighted by Gasteiger charge is 2.32. The molecule has 1 atom stereocenters. The van der Waals surface area contributed by atoms with E-state index in [9.17, 15) is 18.0 Å². The van der Waals surface area contributed by atoms with Crippen molar-refractivity contribution in [3.63, 3.8) is 0 Å². The summed E-state index contributed by atoms with van der Waals surface area (Å²) in [5, 5.41) is 3.80. The van der Waals surface area contributed by atoms with Crippen molar-refractivity contribution in [3.05, 3.63) is 53.4 Å². The summed E-state index contributed by atoms with van der Waals surface area (Å²) in [6.07, 6.45) is -0.366. The Morgan fingerprint density at radius 2 is 2.07 bits per heavy atom. The number of piperidine rings is 1. The number of carbonyl (C=O) groups is 1. The number of hydrogen-bond donors (Lipinski definition) is 1. The Bertz CT molecular complexity index is 1070. The third-order valence-corrected chi connectivity index (χ3v) is 6.06. The predicted octanol–water partition coefficient (Wildman–Crippen LogP) is 4.70. The quantitative estimate of drug-likeness (QED) is 0.646. The fourth-order valence-corrected chi connectivity index (χ4v) is 4.32. The average molecular weight is 433 g/mol. The molecule has 1 aliphatic rings. The van der Waals surface area contributed by atoms with Crippen LogP contribution in [0.1, 0.15) is 29.5 Å². The van der Waals surface area contributed by atoms with Crippen molar-refractivity contribution < 1.29 is 18.0 Å². The molecule has 1 N–H and O–H groups in total. The Kier molecular flexibility index (Phi) is 5.42. The van der Waals surface area contributed by atoms with Gasteiger partial charge in [-0.25, -0.2) is 15.0 Å². The zero-order chi connectivity index (χ0) is 21.3. The monoisotopic (exact) mass is 433 g/mol. The van der Waals surface area contributed by atoms with Crippen LogP contribution in [0.5, 0.6) is 0 Å². The van der Waals surface area contributed by atoms with E-state index in [2.05, 4.69) is 20.3 Å². The van der Waals surface area contributed by atoms with Crippen LogP contribution in [0, 0.1) is 0 Å². The summed E-state index contributed by atoms with van der Waals surface area (Å²) in [6.45, 7) is 0.653. The molecule has 0 radical (unpaired) electrons. The third kappa shape index (κ3) is 4.43. The molecule has 2 aromatic heterocycles. The summed E-state index contributed by atoms with van der Waals surface area (Å²) in [6, 6.07) is 8.09. The molecule has 1 saturated heterocycles. The van der Waals surface area contributed by atoms with Crippen LogP contribution in [-0.4, -0.2) is 39.4 Å². The number of likely N-dealkylation sites (N-methyl/N-ethyl adjacent to an activating group) is 1. The smallest absolute Gasteiger partial charge is 0.345 e. The van der Waals surface area contributed by atoms with Crippen LogP contribution in [-0.2, 0) is 11.0 Å². The lowest BCUT2D eigenvalue weighted by atomic mass is 9.99. The van der Waals surface area contributed by atoms with E-state index < -0.39 is 11.9 Å². The Morgan fingerprint density at radius 3 is 2.83 bits per heavy atom. The molecule has 3 heterocycles. The Labute approximate surface area is 174 Å². The van der Waals surface area contributed by atoms with Crippen LogP contribution >= 0.6 is 11.3 Å². The molecular weight excluding hydrogens is 415 g/mol. The van der Waals surface area contributed by atoms with Gasteiger partial charge in [0.15, 0.2) is 0 Å². The van der Waals surface area contributed by atoms with Crippen molar-refractivity contribution in [2.24, 2.45) is 0 Å². The first-order chi connectivity index (χ1) is 14.3. The maximum absolute atomic E-state index is 12.8. The molecule has 4 rings (SSSR count). The van der Waals surface area contributed by atoms with Gasteiger partial charge in [-0.1, -0.05) is 12.1 Å². The molecule has 0 saturated carbocycles. The molecule has 1 amide bonds. The van der Waals surface area contributed by atoms with Crippen molar-refractivity contribution in [1.82, 2.24) is 19.9 Å². The van der Waals surface area contributed by atoms with Gasteiger partial charge in [-0.2, -0.15) is 13.2 Å². The molecule has 1 aromatic carbocycles. The Hall–Kier alpha value is -3.01. The van der Waals surface area contributed by atoms with Gasteiger partial charge in [-0.15, -0.1) is 11.3 Å². The third-order valence-electron chi connectivity index (χ3n) is 4.85. The molecule has 10 heteroatoms. The second kappa shape index (κ2) is 8.02. The van der Waals surface area contributed by atoms with Crippen molar-refractivity contribution in [3.8, 4) is 10.4 Å². The Morgan fingerprint density at radius 1 is 1.23 bits per heavy atom. The van der Waals surface area contributed by atoms with E-state index in [1.165, 1.54) is 0 Å². The minimum absolute atomic E-state index is 0.123. The summed E-state index contributed by atoms with van der Waals surface area (Å²) in [5.41, 5.74) is 0.458. The summed E-state index contributed by atoms with van der Waals surface area (Å²) >= 11 is 1.56. The fourth-order valence-electron chi connectivity index (χ4n) is 3.28. The van der Waals surface area contributed by atoms with E-state index in [0.717, 1.165) is 34.1 Å². The number of anilines is 2. The van der Waals surface area contributed by atoms with Crippen LogP contribution in [0.2, 0.25) is 0 Å². The van der Waals surface area contributed by atoms with Gasteiger partial charge < -0.3 is 10.2 Å². The number of halogens is 3. The second-order valence-corrected chi connectivity index (χ2v) is 8.10. The largest absolute Gasteiger partial charge is 0.433 e. The lowest BCUT2D eigenvalue weighted by molar-refractivity contribution is -0.141. The van der Waals surface area contributed by atoms with E-state index in [1.807, 2.05) is 12.1 Å². The number of nitrogens with one attached hydrogen (secondary N) is 1. The van der Waals surface area contributed by atoms with Gasteiger partial charge in [-0.3, -0.25) is 4.79 Å². The van der Waals surface area contributed by atoms with Gasteiger partial charge in [0, 0.05) is 44.0 Å². The number of benzene rings is 1. The first-order valence-electron chi connectivity index (χ1n) is 9.27. The lowest BCUT2D eigenvalue weighted by Gasteiger charge is -2.28. The molecule has 6 nitrogen and oxygen atoms in total. The topological polar surface area (TPSA) is 71.0 Å². The number of amides is 1. The summed E-state index contributed by atoms with van der Waals surface area (Å²) in [5.74, 6) is 0.242. The van der Waals surface area contributed by atoms with E-state index in [4.69, 9.17) is 0 Å². The molecule has 1 unspecified atom stereocenters. The number of hydrogen-bond acceptors (Lipinski definition) is 6. The SMILES string of the molecule is CN1CC(c2ncc(-c3cccc(Nc4nccc(C(F)(F)F)n4)c3)s2)CCC1=O. The van der Waals surface area contributed by atoms with Crippen molar-refractivity contribution in [1.29, 1.82) is 0 Å². The minimum Gasteiger partial charge on any atom is -0.345 e. The van der Waals surface area contributed by atoms with Crippen molar-refractivity contribution in [2.45, 2.75) is 24.9 Å². The van der Waals surface area contributed by atoms with Crippen LogP contribution in [0.3, 0.4) is 0 Å². The van der Waals surface area contributed by atoms with Crippen LogP contribution in [0.25, 0.3) is 10.4 Å².